The second-order valence-electron chi connectivity index (χ2n) is 5.10. The zero-order valence-corrected chi connectivity index (χ0v) is 10.5. The van der Waals surface area contributed by atoms with E-state index in [0.717, 1.165) is 13.1 Å². The van der Waals surface area contributed by atoms with E-state index >= 15 is 0 Å². The molecule has 0 unspecified atom stereocenters. The zero-order chi connectivity index (χ0) is 11.8. The van der Waals surface area contributed by atoms with E-state index in [9.17, 15) is 0 Å². The van der Waals surface area contributed by atoms with Crippen LogP contribution in [-0.2, 0) is 0 Å². The topological polar surface area (TPSA) is 29.3 Å². The summed E-state index contributed by atoms with van der Waals surface area (Å²) in [6, 6.07) is 2.23. The normalized spacial score (nSPS) is 17.8. The maximum atomic E-state index is 4.66. The number of aryl methyl sites for hydroxylation is 2. The Labute approximate surface area is 102 Å². The van der Waals surface area contributed by atoms with Gasteiger partial charge in [-0.3, -0.25) is 0 Å². The van der Waals surface area contributed by atoms with Gasteiger partial charge in [-0.1, -0.05) is 6.07 Å². The van der Waals surface area contributed by atoms with E-state index < -0.39 is 0 Å². The van der Waals surface area contributed by atoms with Gasteiger partial charge >= 0.3 is 0 Å². The Balaban J connectivity index is 2.10. The first-order valence-corrected chi connectivity index (χ1v) is 6.40. The van der Waals surface area contributed by atoms with Crippen LogP contribution in [0.4, 0.5) is 0 Å². The molecule has 1 fully saturated rings. The van der Waals surface area contributed by atoms with Gasteiger partial charge in [0.05, 0.1) is 11.7 Å². The molecule has 0 aliphatic carbocycles. The van der Waals surface area contributed by atoms with Gasteiger partial charge in [-0.25, -0.2) is 4.98 Å². The minimum Gasteiger partial charge on any atom is -0.317 e. The number of fused-ring (bicyclic) bond motifs is 1. The molecule has 0 spiro atoms. The van der Waals surface area contributed by atoms with Crippen LogP contribution in [0.25, 0.3) is 5.52 Å². The third-order valence-electron chi connectivity index (χ3n) is 3.71. The first-order chi connectivity index (χ1) is 8.25. The molecule has 3 heteroatoms. The lowest BCUT2D eigenvalue weighted by molar-refractivity contribution is 0.444. The molecule has 0 saturated carbocycles. The molecular weight excluding hydrogens is 210 g/mol. The molecule has 90 valence electrons. The van der Waals surface area contributed by atoms with E-state index in [1.165, 1.54) is 35.3 Å². The second kappa shape index (κ2) is 4.15. The fourth-order valence-corrected chi connectivity index (χ4v) is 2.84. The molecule has 17 heavy (non-hydrogen) atoms. The van der Waals surface area contributed by atoms with Gasteiger partial charge < -0.3 is 9.72 Å². The Hall–Kier alpha value is -1.35. The van der Waals surface area contributed by atoms with E-state index in [-0.39, 0.29) is 0 Å². The number of hydrogen-bond acceptors (Lipinski definition) is 2. The van der Waals surface area contributed by atoms with E-state index in [4.69, 9.17) is 0 Å². The minimum absolute atomic E-state index is 0.611. The quantitative estimate of drug-likeness (QED) is 0.813. The summed E-state index contributed by atoms with van der Waals surface area (Å²) in [6.07, 6.45) is 6.64. The first kappa shape index (κ1) is 10.8. The summed E-state index contributed by atoms with van der Waals surface area (Å²) in [5.41, 5.74) is 3.88. The summed E-state index contributed by atoms with van der Waals surface area (Å²) in [4.78, 5) is 4.66. The van der Waals surface area contributed by atoms with Gasteiger partial charge in [0.15, 0.2) is 0 Å². The fraction of sp³-hybridized carbons (Fsp3) is 0.500. The number of hydrogen-bond donors (Lipinski definition) is 1. The van der Waals surface area contributed by atoms with Crippen molar-refractivity contribution in [1.82, 2.24) is 14.7 Å². The van der Waals surface area contributed by atoms with Crippen LogP contribution < -0.4 is 5.32 Å². The van der Waals surface area contributed by atoms with Crippen LogP contribution in [0, 0.1) is 13.8 Å². The van der Waals surface area contributed by atoms with Gasteiger partial charge in [0.1, 0.15) is 5.82 Å². The van der Waals surface area contributed by atoms with E-state index in [2.05, 4.69) is 40.8 Å². The smallest absolute Gasteiger partial charge is 0.116 e. The van der Waals surface area contributed by atoms with Gasteiger partial charge in [-0.2, -0.15) is 0 Å². The predicted molar refractivity (Wildman–Crippen MR) is 69.5 cm³/mol. The van der Waals surface area contributed by atoms with Crippen molar-refractivity contribution in [3.05, 3.63) is 35.4 Å². The molecule has 0 atom stereocenters. The Morgan fingerprint density at radius 1 is 1.29 bits per heavy atom. The van der Waals surface area contributed by atoms with Crippen LogP contribution in [0.1, 0.15) is 35.7 Å². The summed E-state index contributed by atoms with van der Waals surface area (Å²) in [7, 11) is 0. The number of piperidine rings is 1. The molecule has 0 amide bonds. The summed E-state index contributed by atoms with van der Waals surface area (Å²) in [5, 5.41) is 3.41. The third kappa shape index (κ3) is 1.84. The standard InChI is InChI=1S/C14H19N3/c1-10-7-11(2)13-8-16-14(17(13)9-10)12-3-5-15-6-4-12/h7-9,12,15H,3-6H2,1-2H3. The van der Waals surface area contributed by atoms with Crippen molar-refractivity contribution in [1.29, 1.82) is 0 Å². The molecule has 2 aromatic rings. The van der Waals surface area contributed by atoms with E-state index in [1.54, 1.807) is 0 Å². The molecule has 1 N–H and O–H groups in total. The van der Waals surface area contributed by atoms with Crippen LogP contribution >= 0.6 is 0 Å². The summed E-state index contributed by atoms with van der Waals surface area (Å²) < 4.78 is 2.29. The number of pyridine rings is 1. The molecule has 1 aliphatic rings. The van der Waals surface area contributed by atoms with Crippen molar-refractivity contribution < 1.29 is 0 Å². The first-order valence-electron chi connectivity index (χ1n) is 6.40. The number of rotatable bonds is 1. The molecule has 3 nitrogen and oxygen atoms in total. The highest BCUT2D eigenvalue weighted by atomic mass is 15.0. The fourth-order valence-electron chi connectivity index (χ4n) is 2.84. The van der Waals surface area contributed by atoms with E-state index in [1.807, 2.05) is 6.20 Å². The van der Waals surface area contributed by atoms with E-state index in [0.29, 0.717) is 5.92 Å². The van der Waals surface area contributed by atoms with Crippen molar-refractivity contribution in [2.45, 2.75) is 32.6 Å². The monoisotopic (exact) mass is 229 g/mol. The number of nitrogens with one attached hydrogen (secondary N) is 1. The largest absolute Gasteiger partial charge is 0.317 e. The Morgan fingerprint density at radius 3 is 2.82 bits per heavy atom. The van der Waals surface area contributed by atoms with Gasteiger partial charge in [0.25, 0.3) is 0 Å². The third-order valence-corrected chi connectivity index (χ3v) is 3.71. The Bertz CT molecular complexity index is 536. The highest BCUT2D eigenvalue weighted by Crippen LogP contribution is 2.26. The van der Waals surface area contributed by atoms with Gasteiger partial charge in [0, 0.05) is 12.1 Å². The lowest BCUT2D eigenvalue weighted by atomic mass is 9.97. The van der Waals surface area contributed by atoms with Crippen LogP contribution in [0.5, 0.6) is 0 Å². The van der Waals surface area contributed by atoms with Crippen LogP contribution in [-0.4, -0.2) is 22.5 Å². The SMILES string of the molecule is Cc1cc(C)c2cnc(C3CCNCC3)n2c1. The number of imidazole rings is 1. The van der Waals surface area contributed by atoms with Crippen molar-refractivity contribution in [3.8, 4) is 0 Å². The van der Waals surface area contributed by atoms with Crippen LogP contribution in [0.3, 0.4) is 0 Å². The van der Waals surface area contributed by atoms with Gasteiger partial charge in [-0.05, 0) is 50.9 Å². The average molecular weight is 229 g/mol. The highest BCUT2D eigenvalue weighted by Gasteiger charge is 2.19. The van der Waals surface area contributed by atoms with Crippen molar-refractivity contribution >= 4 is 5.52 Å². The molecule has 0 radical (unpaired) electrons. The predicted octanol–water partition coefficient (Wildman–Crippen LogP) is 2.42. The Morgan fingerprint density at radius 2 is 2.06 bits per heavy atom. The summed E-state index contributed by atoms with van der Waals surface area (Å²) in [6.45, 7) is 6.55. The van der Waals surface area contributed by atoms with Gasteiger partial charge in [0.2, 0.25) is 0 Å². The average Bonchev–Trinajstić information content (AvgIpc) is 2.74. The number of aromatic nitrogens is 2. The molecular formula is C14H19N3. The molecule has 3 rings (SSSR count). The van der Waals surface area contributed by atoms with Crippen LogP contribution in [0.15, 0.2) is 18.5 Å². The number of nitrogens with zero attached hydrogens (tertiary/aromatic N) is 2. The lowest BCUT2D eigenvalue weighted by Gasteiger charge is -2.21. The lowest BCUT2D eigenvalue weighted by Crippen LogP contribution is -2.27. The maximum Gasteiger partial charge on any atom is 0.116 e. The summed E-state index contributed by atoms with van der Waals surface area (Å²) in [5.74, 6) is 1.85. The van der Waals surface area contributed by atoms with Crippen molar-refractivity contribution in [2.75, 3.05) is 13.1 Å². The second-order valence-corrected chi connectivity index (χ2v) is 5.10. The van der Waals surface area contributed by atoms with Gasteiger partial charge in [-0.15, -0.1) is 0 Å². The molecule has 1 saturated heterocycles. The van der Waals surface area contributed by atoms with Crippen molar-refractivity contribution in [3.63, 3.8) is 0 Å². The molecule has 2 aromatic heterocycles. The van der Waals surface area contributed by atoms with Crippen molar-refractivity contribution in [2.24, 2.45) is 0 Å². The molecule has 3 heterocycles. The minimum atomic E-state index is 0.611. The maximum absolute atomic E-state index is 4.66. The molecule has 0 aromatic carbocycles. The molecule has 1 aliphatic heterocycles. The zero-order valence-electron chi connectivity index (χ0n) is 10.5. The van der Waals surface area contributed by atoms with Crippen LogP contribution in [0.2, 0.25) is 0 Å². The summed E-state index contributed by atoms with van der Waals surface area (Å²) >= 11 is 0. The highest BCUT2D eigenvalue weighted by molar-refractivity contribution is 5.54. The Kier molecular flexibility index (Phi) is 2.63. The molecule has 0 bridgehead atoms.